The molecule has 0 saturated carbocycles. The van der Waals surface area contributed by atoms with Crippen LogP contribution in [0.4, 0.5) is 14.7 Å². The van der Waals surface area contributed by atoms with Gasteiger partial charge in [0.1, 0.15) is 41.8 Å². The molecule has 72 heavy (non-hydrogen) atoms. The molecule has 5 amide bonds. The Kier molecular flexibility index (Phi) is 16.2. The molecule has 2 aromatic carbocycles. The van der Waals surface area contributed by atoms with Gasteiger partial charge in [0.25, 0.3) is 11.8 Å². The average molecular weight is 1040 g/mol. The quantitative estimate of drug-likeness (QED) is 0.0415. The van der Waals surface area contributed by atoms with Crippen molar-refractivity contribution in [3.05, 3.63) is 106 Å². The SMILES string of the molecule is C[C@@H](O)Cn1c(-c2cc(OCc3ccccc3)c(OCc3ccccc3)cn2)nn(S(=O)(=O)NC(=O)N2C[C@H](NC(=O)/C(=N\OC(C)(C)C(=O)OC(C)(C)C)c3csc(NC(=O)OC(C)(C)C)n3)C2=O)c1=O. The van der Waals surface area contributed by atoms with Crippen molar-refractivity contribution in [3.63, 3.8) is 0 Å². The van der Waals surface area contributed by atoms with E-state index >= 15 is 0 Å². The number of thiazole rings is 1. The summed E-state index contributed by atoms with van der Waals surface area (Å²) in [6, 6.07) is 16.9. The number of aromatic nitrogens is 5. The zero-order valence-corrected chi connectivity index (χ0v) is 42.3. The molecule has 5 aromatic rings. The maximum atomic E-state index is 13.8. The number of nitrogens with one attached hydrogen (secondary N) is 3. The molecular formula is C46H54N10O14S2. The van der Waals surface area contributed by atoms with E-state index in [0.29, 0.717) is 4.90 Å². The summed E-state index contributed by atoms with van der Waals surface area (Å²) in [5, 5.41) is 24.4. The molecule has 2 atom stereocenters. The number of aliphatic hydroxyl groups is 1. The highest BCUT2D eigenvalue weighted by Crippen LogP contribution is 2.32. The van der Waals surface area contributed by atoms with Crippen molar-refractivity contribution in [1.82, 2.24) is 38.7 Å². The summed E-state index contributed by atoms with van der Waals surface area (Å²) in [5.74, 6) is -2.98. The highest BCUT2D eigenvalue weighted by atomic mass is 32.2. The van der Waals surface area contributed by atoms with E-state index in [9.17, 15) is 42.3 Å². The lowest BCUT2D eigenvalue weighted by molar-refractivity contribution is -0.179. The number of nitrogens with zero attached hydrogens (tertiary/aromatic N) is 7. The van der Waals surface area contributed by atoms with Crippen LogP contribution in [-0.2, 0) is 58.7 Å². The summed E-state index contributed by atoms with van der Waals surface area (Å²) in [4.78, 5) is 94.2. The Morgan fingerprint density at radius 2 is 1.49 bits per heavy atom. The van der Waals surface area contributed by atoms with Crippen LogP contribution < -0.4 is 30.5 Å². The van der Waals surface area contributed by atoms with Gasteiger partial charge in [-0.15, -0.1) is 16.4 Å². The molecule has 1 aliphatic heterocycles. The Labute approximate surface area is 417 Å². The molecular weight excluding hydrogens is 981 g/mol. The normalized spacial score (nSPS) is 14.6. The third kappa shape index (κ3) is 14.0. The summed E-state index contributed by atoms with van der Waals surface area (Å²) in [5.41, 5.74) is -3.99. The largest absolute Gasteiger partial charge is 0.485 e. The fourth-order valence-electron chi connectivity index (χ4n) is 6.18. The number of hydrogen-bond acceptors (Lipinski definition) is 19. The highest BCUT2D eigenvalue weighted by Gasteiger charge is 2.44. The van der Waals surface area contributed by atoms with Gasteiger partial charge >= 0.3 is 34.0 Å². The van der Waals surface area contributed by atoms with Gasteiger partial charge < -0.3 is 34.2 Å². The monoisotopic (exact) mass is 1030 g/mol. The van der Waals surface area contributed by atoms with Gasteiger partial charge in [-0.05, 0) is 73.4 Å². The Morgan fingerprint density at radius 1 is 0.889 bits per heavy atom. The number of hydrogen-bond donors (Lipinski definition) is 4. The molecule has 1 fully saturated rings. The van der Waals surface area contributed by atoms with E-state index in [-0.39, 0.29) is 51.1 Å². The maximum absolute atomic E-state index is 13.8. The number of ether oxygens (including phenoxy) is 4. The molecule has 6 rings (SSSR count). The number of imide groups is 1. The second-order valence-electron chi connectivity index (χ2n) is 18.6. The first kappa shape index (κ1) is 53.6. The Balaban J connectivity index is 1.20. The number of carbonyl (C=O) groups is 5. The van der Waals surface area contributed by atoms with Crippen molar-refractivity contribution in [2.24, 2.45) is 5.16 Å². The van der Waals surface area contributed by atoms with Gasteiger partial charge in [0.2, 0.25) is 5.60 Å². The van der Waals surface area contributed by atoms with Crippen molar-refractivity contribution >= 4 is 62.3 Å². The zero-order valence-electron chi connectivity index (χ0n) is 40.7. The van der Waals surface area contributed by atoms with Gasteiger partial charge in [-0.25, -0.2) is 33.9 Å². The molecule has 4 heterocycles. The lowest BCUT2D eigenvalue weighted by Gasteiger charge is -2.36. The van der Waals surface area contributed by atoms with Gasteiger partial charge in [-0.2, -0.15) is 8.42 Å². The summed E-state index contributed by atoms with van der Waals surface area (Å²) < 4.78 is 52.7. The second kappa shape index (κ2) is 21.7. The van der Waals surface area contributed by atoms with E-state index < -0.39 is 93.6 Å². The number of aliphatic hydroxyl groups excluding tert-OH is 1. The number of urea groups is 1. The lowest BCUT2D eigenvalue weighted by atomic mass is 10.1. The Hall–Kier alpha value is -7.71. The maximum Gasteiger partial charge on any atom is 0.413 e. The fraction of sp³-hybridized carbons (Fsp3) is 0.391. The number of anilines is 1. The Bertz CT molecular complexity index is 3010. The molecule has 0 bridgehead atoms. The molecule has 4 N–H and O–H groups in total. The number of oxime groups is 1. The van der Waals surface area contributed by atoms with Crippen LogP contribution in [-0.4, -0.2) is 113 Å². The van der Waals surface area contributed by atoms with Crippen molar-refractivity contribution in [1.29, 1.82) is 0 Å². The minimum atomic E-state index is -5.22. The van der Waals surface area contributed by atoms with Gasteiger partial charge in [0.05, 0.1) is 25.4 Å². The van der Waals surface area contributed by atoms with Crippen molar-refractivity contribution in [2.75, 3.05) is 11.9 Å². The minimum absolute atomic E-state index is 0.0206. The molecule has 3 aromatic heterocycles. The topological polar surface area (TPSA) is 303 Å². The molecule has 1 saturated heterocycles. The smallest absolute Gasteiger partial charge is 0.413 e. The standard InChI is InChI=1S/C46H54N10O14S2/c1-27(57)22-54-36(30-20-33(66-24-28-16-12-10-13-17-28)34(21-47-30)67-25-29-18-14-11-15-19-29)51-56(43(54)63)72(64,65)53-41(61)55-23-31(38(55)59)48-37(58)35(52-70-46(8,9)39(60)68-44(2,3)4)32-26-71-40(49-32)50-42(62)69-45(5,6)7/h10-21,26-27,31,57H,22-25H2,1-9H3,(H,48,58)(H,53,61)(H,49,50,62)/b52-35-/t27-,31+/m1/s1. The molecule has 24 nitrogen and oxygen atoms in total. The lowest BCUT2D eigenvalue weighted by Crippen LogP contribution is -2.68. The van der Waals surface area contributed by atoms with Crippen LogP contribution in [0, 0.1) is 0 Å². The number of amides is 5. The molecule has 1 aliphatic rings. The van der Waals surface area contributed by atoms with Crippen LogP contribution in [0.5, 0.6) is 11.5 Å². The van der Waals surface area contributed by atoms with Crippen molar-refractivity contribution in [3.8, 4) is 23.0 Å². The van der Waals surface area contributed by atoms with Crippen LogP contribution >= 0.6 is 11.3 Å². The summed E-state index contributed by atoms with van der Waals surface area (Å²) in [6.45, 7) is 13.1. The first-order valence-corrected chi connectivity index (χ1v) is 24.4. The fourth-order valence-corrected chi connectivity index (χ4v) is 7.76. The molecule has 0 aliphatic carbocycles. The van der Waals surface area contributed by atoms with Crippen molar-refractivity contribution in [2.45, 2.75) is 111 Å². The number of carbonyl (C=O) groups excluding carboxylic acids is 5. The molecule has 0 unspecified atom stereocenters. The number of esters is 1. The summed E-state index contributed by atoms with van der Waals surface area (Å²) in [6.07, 6.45) is -0.746. The van der Waals surface area contributed by atoms with Crippen LogP contribution in [0.25, 0.3) is 11.5 Å². The number of β-lactam (4-membered cyclic amide) rings is 1. The van der Waals surface area contributed by atoms with Crippen LogP contribution in [0.1, 0.15) is 79.1 Å². The van der Waals surface area contributed by atoms with Gasteiger partial charge in [0.15, 0.2) is 28.2 Å². The van der Waals surface area contributed by atoms with E-state index in [4.69, 9.17) is 23.8 Å². The molecule has 384 valence electrons. The zero-order chi connectivity index (χ0) is 52.8. The predicted molar refractivity (Wildman–Crippen MR) is 259 cm³/mol. The summed E-state index contributed by atoms with van der Waals surface area (Å²) >= 11 is 0.878. The molecule has 26 heteroatoms. The second-order valence-corrected chi connectivity index (χ2v) is 20.9. The van der Waals surface area contributed by atoms with E-state index in [1.54, 1.807) is 46.3 Å². The van der Waals surface area contributed by atoms with Crippen molar-refractivity contribution < 1.29 is 61.3 Å². The predicted octanol–water partition coefficient (Wildman–Crippen LogP) is 4.12. The number of benzene rings is 2. The van der Waals surface area contributed by atoms with Gasteiger partial charge in [-0.1, -0.05) is 69.9 Å². The highest BCUT2D eigenvalue weighted by molar-refractivity contribution is 7.88. The first-order chi connectivity index (χ1) is 33.7. The third-order valence-corrected chi connectivity index (χ3v) is 11.5. The van der Waals surface area contributed by atoms with Gasteiger partial charge in [-0.3, -0.25) is 24.4 Å². The number of rotatable bonds is 18. The van der Waals surface area contributed by atoms with E-state index in [2.05, 4.69) is 30.9 Å². The average Bonchev–Trinajstić information content (AvgIpc) is 3.88. The van der Waals surface area contributed by atoms with Gasteiger partial charge in [0, 0.05) is 11.4 Å². The van der Waals surface area contributed by atoms with E-state index in [1.165, 1.54) is 38.4 Å². The first-order valence-electron chi connectivity index (χ1n) is 22.1. The number of likely N-dealkylation sites (tertiary alicyclic amines) is 1. The van der Waals surface area contributed by atoms with E-state index in [0.717, 1.165) is 27.0 Å². The Morgan fingerprint density at radius 3 is 2.06 bits per heavy atom. The minimum Gasteiger partial charge on any atom is -0.485 e. The third-order valence-electron chi connectivity index (χ3n) is 9.57. The summed E-state index contributed by atoms with van der Waals surface area (Å²) in [7, 11) is -5.22. The van der Waals surface area contributed by atoms with E-state index in [1.807, 2.05) is 60.7 Å². The van der Waals surface area contributed by atoms with Crippen LogP contribution in [0.3, 0.4) is 0 Å². The molecule has 0 spiro atoms. The number of pyridine rings is 1. The molecule has 0 radical (unpaired) electrons. The van der Waals surface area contributed by atoms with Crippen LogP contribution in [0.2, 0.25) is 0 Å². The van der Waals surface area contributed by atoms with Crippen LogP contribution in [0.15, 0.2) is 88.3 Å².